The first-order valence-corrected chi connectivity index (χ1v) is 8.15. The molecule has 130 valence electrons. The van der Waals surface area contributed by atoms with Gasteiger partial charge in [-0.25, -0.2) is 5.43 Å². The first-order chi connectivity index (χ1) is 11.5. The van der Waals surface area contributed by atoms with E-state index >= 15 is 0 Å². The summed E-state index contributed by atoms with van der Waals surface area (Å²) >= 11 is 0. The third kappa shape index (κ3) is 5.06. The monoisotopic (exact) mass is 332 g/mol. The minimum atomic E-state index is -0.757. The molecule has 0 saturated heterocycles. The molecule has 0 atom stereocenters. The summed E-state index contributed by atoms with van der Waals surface area (Å²) in [6, 6.07) is 5.98. The normalized spacial score (nSPS) is 13.8. The number of carbonyl (C=O) groups excluding carboxylic acids is 2. The number of likely N-dealkylation sites (N-methyl/N-ethyl adjacent to an activating group) is 1. The van der Waals surface area contributed by atoms with Crippen molar-refractivity contribution in [3.63, 3.8) is 0 Å². The lowest BCUT2D eigenvalue weighted by atomic mass is 10.1. The molecule has 1 fully saturated rings. The molecular weight excluding hydrogens is 308 g/mol. The minimum Gasteiger partial charge on any atom is -0.395 e. The molecule has 7 heteroatoms. The van der Waals surface area contributed by atoms with Gasteiger partial charge in [0.2, 0.25) is 0 Å². The second-order valence-corrected chi connectivity index (χ2v) is 5.79. The van der Waals surface area contributed by atoms with E-state index in [1.807, 2.05) is 32.0 Å². The third-order valence-corrected chi connectivity index (χ3v) is 3.86. The summed E-state index contributed by atoms with van der Waals surface area (Å²) in [5.74, 6) is -1.41. The average molecular weight is 332 g/mol. The topological polar surface area (TPSA) is 94.0 Å². The van der Waals surface area contributed by atoms with Gasteiger partial charge in [-0.05, 0) is 49.9 Å². The quantitative estimate of drug-likeness (QED) is 0.386. The highest BCUT2D eigenvalue weighted by Gasteiger charge is 2.26. The van der Waals surface area contributed by atoms with Gasteiger partial charge in [0.15, 0.2) is 0 Å². The summed E-state index contributed by atoms with van der Waals surface area (Å²) in [7, 11) is 0. The Morgan fingerprint density at radius 1 is 1.38 bits per heavy atom. The number of hydrogen-bond acceptors (Lipinski definition) is 5. The predicted octanol–water partition coefficient (Wildman–Crippen LogP) is 0.542. The Hall–Kier alpha value is -2.41. The van der Waals surface area contributed by atoms with Gasteiger partial charge in [0.25, 0.3) is 0 Å². The molecule has 0 bridgehead atoms. The van der Waals surface area contributed by atoms with Crippen molar-refractivity contribution in [2.45, 2.75) is 32.7 Å². The van der Waals surface area contributed by atoms with Gasteiger partial charge in [0.1, 0.15) is 0 Å². The molecule has 0 radical (unpaired) electrons. The molecule has 2 amide bonds. The van der Waals surface area contributed by atoms with Gasteiger partial charge in [0.05, 0.1) is 12.8 Å². The van der Waals surface area contributed by atoms with Crippen LogP contribution in [0.1, 0.15) is 30.9 Å². The van der Waals surface area contributed by atoms with Crippen LogP contribution in [0.5, 0.6) is 0 Å². The molecule has 0 unspecified atom stereocenters. The Balaban J connectivity index is 1.93. The number of hydrazone groups is 1. The van der Waals surface area contributed by atoms with Gasteiger partial charge in [-0.15, -0.1) is 0 Å². The van der Waals surface area contributed by atoms with Crippen molar-refractivity contribution in [3.05, 3.63) is 29.3 Å². The van der Waals surface area contributed by atoms with Crippen molar-refractivity contribution >= 4 is 23.7 Å². The zero-order chi connectivity index (χ0) is 17.5. The van der Waals surface area contributed by atoms with Gasteiger partial charge in [0, 0.05) is 24.8 Å². The number of aliphatic hydroxyl groups is 1. The predicted molar refractivity (Wildman–Crippen MR) is 93.1 cm³/mol. The molecule has 1 aromatic carbocycles. The summed E-state index contributed by atoms with van der Waals surface area (Å²) in [6.45, 7) is 5.46. The van der Waals surface area contributed by atoms with E-state index < -0.39 is 11.8 Å². The smallest absolute Gasteiger partial charge is 0.329 e. The number of benzene rings is 1. The second kappa shape index (κ2) is 8.44. The van der Waals surface area contributed by atoms with Crippen molar-refractivity contribution in [2.24, 2.45) is 5.10 Å². The Labute approximate surface area is 141 Å². The van der Waals surface area contributed by atoms with Crippen molar-refractivity contribution in [3.8, 4) is 0 Å². The summed E-state index contributed by atoms with van der Waals surface area (Å²) in [5.41, 5.74) is 5.10. The van der Waals surface area contributed by atoms with Crippen LogP contribution in [0.4, 0.5) is 5.69 Å². The van der Waals surface area contributed by atoms with Gasteiger partial charge < -0.3 is 15.3 Å². The molecule has 0 heterocycles. The second-order valence-electron chi connectivity index (χ2n) is 5.79. The molecule has 7 nitrogen and oxygen atoms in total. The Morgan fingerprint density at radius 3 is 2.71 bits per heavy atom. The average Bonchev–Trinajstić information content (AvgIpc) is 3.37. The van der Waals surface area contributed by atoms with E-state index in [0.29, 0.717) is 6.54 Å². The standard InChI is InChI=1S/C17H24N4O3/c1-3-21(8-9-22)15-7-4-13(12(2)10-15)11-18-20-17(24)16(23)19-14-5-6-14/h4,7,10-11,14,22H,3,5-6,8-9H2,1-2H3,(H,19,23)(H,20,24)/b18-11-. The van der Waals surface area contributed by atoms with Gasteiger partial charge >= 0.3 is 11.8 Å². The van der Waals surface area contributed by atoms with Crippen molar-refractivity contribution in [1.29, 1.82) is 0 Å². The van der Waals surface area contributed by atoms with Crippen LogP contribution in [0, 0.1) is 6.92 Å². The van der Waals surface area contributed by atoms with E-state index in [0.717, 1.165) is 36.2 Å². The molecule has 1 aliphatic rings. The summed E-state index contributed by atoms with van der Waals surface area (Å²) in [6.07, 6.45) is 3.38. The number of aliphatic hydroxyl groups excluding tert-OH is 1. The highest BCUT2D eigenvalue weighted by atomic mass is 16.3. The Morgan fingerprint density at radius 2 is 2.12 bits per heavy atom. The number of carbonyl (C=O) groups is 2. The van der Waals surface area contributed by atoms with E-state index in [9.17, 15) is 9.59 Å². The molecule has 0 aliphatic heterocycles. The lowest BCUT2D eigenvalue weighted by Gasteiger charge is -2.22. The van der Waals surface area contributed by atoms with Crippen LogP contribution in [0.2, 0.25) is 0 Å². The van der Waals surface area contributed by atoms with E-state index in [2.05, 4.69) is 20.7 Å². The first kappa shape index (κ1) is 17.9. The summed E-state index contributed by atoms with van der Waals surface area (Å²) in [5, 5.41) is 15.5. The molecule has 1 saturated carbocycles. The molecule has 2 rings (SSSR count). The van der Waals surface area contributed by atoms with Crippen LogP contribution in [0.25, 0.3) is 0 Å². The molecule has 0 aromatic heterocycles. The molecule has 0 spiro atoms. The fourth-order valence-electron chi connectivity index (χ4n) is 2.28. The maximum absolute atomic E-state index is 11.6. The van der Waals surface area contributed by atoms with Crippen molar-refractivity contribution in [2.75, 3.05) is 24.6 Å². The van der Waals surface area contributed by atoms with Gasteiger partial charge in [-0.2, -0.15) is 5.10 Å². The largest absolute Gasteiger partial charge is 0.395 e. The fourth-order valence-corrected chi connectivity index (χ4v) is 2.28. The van der Waals surface area contributed by atoms with Crippen LogP contribution < -0.4 is 15.6 Å². The first-order valence-electron chi connectivity index (χ1n) is 8.15. The number of nitrogens with one attached hydrogen (secondary N) is 2. The zero-order valence-corrected chi connectivity index (χ0v) is 14.1. The SMILES string of the molecule is CCN(CCO)c1ccc(/C=N\NC(=O)C(=O)NC2CC2)c(C)c1. The van der Waals surface area contributed by atoms with Crippen LogP contribution in [-0.2, 0) is 9.59 Å². The van der Waals surface area contributed by atoms with E-state index in [4.69, 9.17) is 5.11 Å². The molecular formula is C17H24N4O3. The molecule has 3 N–H and O–H groups in total. The maximum atomic E-state index is 11.6. The maximum Gasteiger partial charge on any atom is 0.329 e. The lowest BCUT2D eigenvalue weighted by Crippen LogP contribution is -2.38. The van der Waals surface area contributed by atoms with Crippen LogP contribution in [0.15, 0.2) is 23.3 Å². The number of aryl methyl sites for hydroxylation is 1. The highest BCUT2D eigenvalue weighted by Crippen LogP contribution is 2.19. The molecule has 24 heavy (non-hydrogen) atoms. The highest BCUT2D eigenvalue weighted by molar-refractivity contribution is 6.35. The summed E-state index contributed by atoms with van der Waals surface area (Å²) < 4.78 is 0. The molecule has 1 aliphatic carbocycles. The Kier molecular flexibility index (Phi) is 6.31. The Bertz CT molecular complexity index is 626. The number of nitrogens with zero attached hydrogens (tertiary/aromatic N) is 2. The number of rotatable bonds is 7. The third-order valence-electron chi connectivity index (χ3n) is 3.86. The van der Waals surface area contributed by atoms with Crippen LogP contribution in [0.3, 0.4) is 0 Å². The van der Waals surface area contributed by atoms with Gasteiger partial charge in [-0.3, -0.25) is 9.59 Å². The number of hydrogen-bond donors (Lipinski definition) is 3. The minimum absolute atomic E-state index is 0.102. The van der Waals surface area contributed by atoms with Crippen LogP contribution in [-0.4, -0.2) is 48.9 Å². The lowest BCUT2D eigenvalue weighted by molar-refractivity contribution is -0.139. The number of anilines is 1. The zero-order valence-electron chi connectivity index (χ0n) is 14.1. The van der Waals surface area contributed by atoms with E-state index in [-0.39, 0.29) is 12.6 Å². The van der Waals surface area contributed by atoms with E-state index in [1.54, 1.807) is 0 Å². The van der Waals surface area contributed by atoms with Crippen molar-refractivity contribution < 1.29 is 14.7 Å². The van der Waals surface area contributed by atoms with E-state index in [1.165, 1.54) is 6.21 Å². The van der Waals surface area contributed by atoms with Crippen LogP contribution >= 0.6 is 0 Å². The molecule has 1 aromatic rings. The van der Waals surface area contributed by atoms with Gasteiger partial charge in [-0.1, -0.05) is 6.07 Å². The summed E-state index contributed by atoms with van der Waals surface area (Å²) in [4.78, 5) is 25.1. The van der Waals surface area contributed by atoms with Crippen molar-refractivity contribution in [1.82, 2.24) is 10.7 Å². The fraction of sp³-hybridized carbons (Fsp3) is 0.471. The number of amides is 2.